The molecule has 0 saturated heterocycles. The van der Waals surface area contributed by atoms with Crippen LogP contribution in [0, 0.1) is 0 Å². The fourth-order valence-corrected chi connectivity index (χ4v) is 2.03. The molecule has 80 valence electrons. The van der Waals surface area contributed by atoms with Gasteiger partial charge in [-0.2, -0.15) is 0 Å². The molecule has 1 amide bonds. The van der Waals surface area contributed by atoms with E-state index in [4.69, 9.17) is 0 Å². The maximum absolute atomic E-state index is 11.7. The summed E-state index contributed by atoms with van der Waals surface area (Å²) in [5.41, 5.74) is 0.608. The highest BCUT2D eigenvalue weighted by Gasteiger charge is 2.14. The standard InChI is InChI=1S/C11H13BrN2O/c12-8-6-10(13-7-8)11(15)14-9-4-2-1-3-5-9/h1-2,6-7,9,13H,3-5H2,(H,14,15). The fourth-order valence-electron chi connectivity index (χ4n) is 1.69. The topological polar surface area (TPSA) is 44.9 Å². The van der Waals surface area contributed by atoms with Crippen LogP contribution in [0.3, 0.4) is 0 Å². The molecule has 1 aromatic heterocycles. The molecule has 1 heterocycles. The average molecular weight is 269 g/mol. The summed E-state index contributed by atoms with van der Waals surface area (Å²) in [6.45, 7) is 0. The zero-order valence-corrected chi connectivity index (χ0v) is 9.88. The van der Waals surface area contributed by atoms with Crippen LogP contribution in [0.15, 0.2) is 28.9 Å². The molecule has 0 fully saturated rings. The predicted molar refractivity (Wildman–Crippen MR) is 62.7 cm³/mol. The van der Waals surface area contributed by atoms with Crippen LogP contribution < -0.4 is 5.32 Å². The van der Waals surface area contributed by atoms with E-state index >= 15 is 0 Å². The molecular weight excluding hydrogens is 256 g/mol. The summed E-state index contributed by atoms with van der Waals surface area (Å²) in [4.78, 5) is 14.7. The number of aromatic amines is 1. The van der Waals surface area contributed by atoms with Gasteiger partial charge < -0.3 is 10.3 Å². The van der Waals surface area contributed by atoms with Crippen molar-refractivity contribution in [3.05, 3.63) is 34.6 Å². The number of aromatic nitrogens is 1. The van der Waals surface area contributed by atoms with Crippen molar-refractivity contribution < 1.29 is 4.79 Å². The molecule has 1 aliphatic rings. The summed E-state index contributed by atoms with van der Waals surface area (Å²) >= 11 is 3.30. The lowest BCUT2D eigenvalue weighted by atomic mass is 10.0. The molecule has 1 aliphatic carbocycles. The number of carbonyl (C=O) groups excluding carboxylic acids is 1. The molecule has 2 N–H and O–H groups in total. The van der Waals surface area contributed by atoms with Crippen LogP contribution in [-0.2, 0) is 0 Å². The molecule has 0 bridgehead atoms. The Kier molecular flexibility index (Phi) is 3.26. The van der Waals surface area contributed by atoms with Crippen molar-refractivity contribution in [1.82, 2.24) is 10.3 Å². The number of amides is 1. The molecule has 0 spiro atoms. The molecule has 0 aromatic carbocycles. The van der Waals surface area contributed by atoms with Gasteiger partial charge in [-0.3, -0.25) is 4.79 Å². The van der Waals surface area contributed by atoms with E-state index in [0.717, 1.165) is 23.7 Å². The minimum atomic E-state index is -0.0269. The van der Waals surface area contributed by atoms with Gasteiger partial charge >= 0.3 is 0 Å². The number of hydrogen-bond acceptors (Lipinski definition) is 1. The zero-order valence-electron chi connectivity index (χ0n) is 8.29. The Bertz CT molecular complexity index is 384. The van der Waals surface area contributed by atoms with Crippen molar-refractivity contribution in [1.29, 1.82) is 0 Å². The number of rotatable bonds is 2. The SMILES string of the molecule is O=C(NC1CC=CCC1)c1cc(Br)c[nH]1. The van der Waals surface area contributed by atoms with Crippen LogP contribution in [0.5, 0.6) is 0 Å². The largest absolute Gasteiger partial charge is 0.356 e. The van der Waals surface area contributed by atoms with E-state index in [2.05, 4.69) is 38.4 Å². The first-order valence-electron chi connectivity index (χ1n) is 5.05. The highest BCUT2D eigenvalue weighted by atomic mass is 79.9. The lowest BCUT2D eigenvalue weighted by molar-refractivity contribution is 0.0930. The normalized spacial score (nSPS) is 20.2. The van der Waals surface area contributed by atoms with Gasteiger partial charge in [0.2, 0.25) is 0 Å². The molecule has 0 aliphatic heterocycles. The predicted octanol–water partition coefficient (Wildman–Crippen LogP) is 2.62. The van der Waals surface area contributed by atoms with Gasteiger partial charge in [0, 0.05) is 16.7 Å². The average Bonchev–Trinajstić information content (AvgIpc) is 2.66. The van der Waals surface area contributed by atoms with Gasteiger partial charge in [0.05, 0.1) is 0 Å². The minimum Gasteiger partial charge on any atom is -0.356 e. The van der Waals surface area contributed by atoms with E-state index in [0.29, 0.717) is 5.69 Å². The fraction of sp³-hybridized carbons (Fsp3) is 0.364. The van der Waals surface area contributed by atoms with E-state index in [-0.39, 0.29) is 11.9 Å². The number of allylic oxidation sites excluding steroid dienone is 1. The summed E-state index contributed by atoms with van der Waals surface area (Å²) in [5, 5.41) is 3.01. The van der Waals surface area contributed by atoms with E-state index < -0.39 is 0 Å². The first-order chi connectivity index (χ1) is 7.25. The Morgan fingerprint density at radius 3 is 3.00 bits per heavy atom. The monoisotopic (exact) mass is 268 g/mol. The second-order valence-electron chi connectivity index (χ2n) is 3.69. The molecule has 3 nitrogen and oxygen atoms in total. The maximum atomic E-state index is 11.7. The molecule has 1 atom stereocenters. The van der Waals surface area contributed by atoms with E-state index in [9.17, 15) is 4.79 Å². The van der Waals surface area contributed by atoms with E-state index in [1.165, 1.54) is 0 Å². The van der Waals surface area contributed by atoms with Gasteiger partial charge in [-0.15, -0.1) is 0 Å². The summed E-state index contributed by atoms with van der Waals surface area (Å²) in [6.07, 6.45) is 9.07. The lowest BCUT2D eigenvalue weighted by Crippen LogP contribution is -2.35. The lowest BCUT2D eigenvalue weighted by Gasteiger charge is -2.18. The van der Waals surface area contributed by atoms with E-state index in [1.54, 1.807) is 12.3 Å². The van der Waals surface area contributed by atoms with Gasteiger partial charge in [0.25, 0.3) is 5.91 Å². The van der Waals surface area contributed by atoms with Gasteiger partial charge in [-0.25, -0.2) is 0 Å². The van der Waals surface area contributed by atoms with Crippen molar-refractivity contribution in [2.24, 2.45) is 0 Å². The highest BCUT2D eigenvalue weighted by molar-refractivity contribution is 9.10. The van der Waals surface area contributed by atoms with Crippen molar-refractivity contribution >= 4 is 21.8 Å². The third kappa shape index (κ3) is 2.72. The molecule has 15 heavy (non-hydrogen) atoms. The molecule has 4 heteroatoms. The Labute approximate surface area is 97.1 Å². The first-order valence-corrected chi connectivity index (χ1v) is 5.85. The first kappa shape index (κ1) is 10.5. The third-order valence-electron chi connectivity index (χ3n) is 2.50. The summed E-state index contributed by atoms with van der Waals surface area (Å²) in [5.74, 6) is -0.0269. The zero-order chi connectivity index (χ0) is 10.7. The van der Waals surface area contributed by atoms with Gasteiger partial charge in [0.1, 0.15) is 5.69 Å². The Morgan fingerprint density at radius 1 is 1.53 bits per heavy atom. The smallest absolute Gasteiger partial charge is 0.267 e. The van der Waals surface area contributed by atoms with Crippen LogP contribution in [0.25, 0.3) is 0 Å². The quantitative estimate of drug-likeness (QED) is 0.796. The van der Waals surface area contributed by atoms with Crippen LogP contribution in [0.1, 0.15) is 29.8 Å². The summed E-state index contributed by atoms with van der Waals surface area (Å²) < 4.78 is 0.899. The number of hydrogen-bond donors (Lipinski definition) is 2. The molecule has 2 rings (SSSR count). The van der Waals surface area contributed by atoms with Gasteiger partial charge in [-0.1, -0.05) is 12.2 Å². The van der Waals surface area contributed by atoms with Gasteiger partial charge in [0.15, 0.2) is 0 Å². The van der Waals surface area contributed by atoms with Crippen LogP contribution in [0.2, 0.25) is 0 Å². The Balaban J connectivity index is 1.94. The van der Waals surface area contributed by atoms with Crippen molar-refractivity contribution in [3.8, 4) is 0 Å². The number of H-pyrrole nitrogens is 1. The van der Waals surface area contributed by atoms with Crippen molar-refractivity contribution in [2.75, 3.05) is 0 Å². The molecule has 0 radical (unpaired) electrons. The molecule has 1 aromatic rings. The number of carbonyl (C=O) groups is 1. The molecular formula is C11H13BrN2O. The molecule has 0 saturated carbocycles. The van der Waals surface area contributed by atoms with Crippen molar-refractivity contribution in [3.63, 3.8) is 0 Å². The van der Waals surface area contributed by atoms with Crippen LogP contribution in [0.4, 0.5) is 0 Å². The van der Waals surface area contributed by atoms with Crippen LogP contribution in [-0.4, -0.2) is 16.9 Å². The highest BCUT2D eigenvalue weighted by Crippen LogP contribution is 2.13. The number of nitrogens with one attached hydrogen (secondary N) is 2. The minimum absolute atomic E-state index is 0.0269. The van der Waals surface area contributed by atoms with E-state index in [1.807, 2.05) is 0 Å². The third-order valence-corrected chi connectivity index (χ3v) is 2.95. The van der Waals surface area contributed by atoms with Crippen LogP contribution >= 0.6 is 15.9 Å². The summed E-state index contributed by atoms with van der Waals surface area (Å²) in [6, 6.07) is 2.07. The molecule has 1 unspecified atom stereocenters. The second-order valence-corrected chi connectivity index (χ2v) is 4.60. The Morgan fingerprint density at radius 2 is 2.40 bits per heavy atom. The van der Waals surface area contributed by atoms with Crippen molar-refractivity contribution in [2.45, 2.75) is 25.3 Å². The Hall–Kier alpha value is -1.03. The van der Waals surface area contributed by atoms with Gasteiger partial charge in [-0.05, 0) is 41.3 Å². The summed E-state index contributed by atoms with van der Waals surface area (Å²) in [7, 11) is 0. The number of halogens is 1. The second kappa shape index (κ2) is 4.66. The maximum Gasteiger partial charge on any atom is 0.267 e.